The van der Waals surface area contributed by atoms with E-state index in [2.05, 4.69) is 10.6 Å². The van der Waals surface area contributed by atoms with E-state index in [4.69, 9.17) is 5.73 Å². The first-order chi connectivity index (χ1) is 8.47. The van der Waals surface area contributed by atoms with E-state index in [-0.39, 0.29) is 11.4 Å². The monoisotopic (exact) mass is 252 g/mol. The van der Waals surface area contributed by atoms with Crippen LogP contribution in [0.15, 0.2) is 18.2 Å². The van der Waals surface area contributed by atoms with Crippen LogP contribution in [-0.4, -0.2) is 23.4 Å². The highest BCUT2D eigenvalue weighted by Crippen LogP contribution is 2.33. The molecule has 0 aromatic heterocycles. The Morgan fingerprint density at radius 2 is 2.11 bits per heavy atom. The Bertz CT molecular complexity index is 462. The van der Waals surface area contributed by atoms with Crippen LogP contribution in [0.2, 0.25) is 0 Å². The summed E-state index contributed by atoms with van der Waals surface area (Å²) in [4.78, 5) is 21.6. The van der Waals surface area contributed by atoms with E-state index < -0.39 is 16.9 Å². The minimum atomic E-state index is -0.680. The third-order valence-electron chi connectivity index (χ3n) is 2.38. The molecular weight excluding hydrogens is 236 g/mol. The molecule has 1 atom stereocenters. The zero-order valence-corrected chi connectivity index (χ0v) is 10.3. The number of hydrogen-bond donors (Lipinski definition) is 3. The molecule has 0 saturated heterocycles. The van der Waals surface area contributed by atoms with Gasteiger partial charge in [-0.1, -0.05) is 6.07 Å². The van der Waals surface area contributed by atoms with Crippen LogP contribution < -0.4 is 16.4 Å². The van der Waals surface area contributed by atoms with Gasteiger partial charge in [-0.15, -0.1) is 0 Å². The molecule has 1 aromatic rings. The highest BCUT2D eigenvalue weighted by molar-refractivity contribution is 5.85. The lowest BCUT2D eigenvalue weighted by Gasteiger charge is -2.13. The molecule has 98 valence electrons. The van der Waals surface area contributed by atoms with E-state index in [1.165, 1.54) is 0 Å². The summed E-state index contributed by atoms with van der Waals surface area (Å²) in [5.74, 6) is -0.571. The van der Waals surface area contributed by atoms with E-state index in [0.717, 1.165) is 0 Å². The second kappa shape index (κ2) is 5.85. The Labute approximate surface area is 105 Å². The fraction of sp³-hybridized carbons (Fsp3) is 0.364. The first-order valence-corrected chi connectivity index (χ1v) is 5.54. The number of amides is 1. The molecule has 0 bridgehead atoms. The van der Waals surface area contributed by atoms with E-state index >= 15 is 0 Å². The number of anilines is 2. The van der Waals surface area contributed by atoms with Crippen LogP contribution >= 0.6 is 0 Å². The Kier molecular flexibility index (Phi) is 4.47. The first-order valence-electron chi connectivity index (χ1n) is 5.54. The molecule has 0 radical (unpaired) electrons. The van der Waals surface area contributed by atoms with Gasteiger partial charge in [0.2, 0.25) is 5.91 Å². The van der Waals surface area contributed by atoms with Crippen LogP contribution in [0, 0.1) is 10.1 Å². The summed E-state index contributed by atoms with van der Waals surface area (Å²) in [6, 6.07) is 4.14. The maximum atomic E-state index is 11.1. The van der Waals surface area contributed by atoms with Gasteiger partial charge in [0.1, 0.15) is 17.4 Å². The van der Waals surface area contributed by atoms with Gasteiger partial charge >= 0.3 is 5.69 Å². The minimum Gasteiger partial charge on any atom is -0.380 e. The van der Waals surface area contributed by atoms with Gasteiger partial charge in [0, 0.05) is 6.54 Å². The zero-order chi connectivity index (χ0) is 13.7. The largest absolute Gasteiger partial charge is 0.380 e. The molecule has 1 aromatic carbocycles. The summed E-state index contributed by atoms with van der Waals surface area (Å²) < 4.78 is 0. The van der Waals surface area contributed by atoms with Gasteiger partial charge in [0.05, 0.1) is 4.92 Å². The van der Waals surface area contributed by atoms with E-state index in [1.807, 2.05) is 6.92 Å². The summed E-state index contributed by atoms with van der Waals surface area (Å²) in [5.41, 5.74) is 5.70. The third-order valence-corrected chi connectivity index (χ3v) is 2.38. The molecule has 0 spiro atoms. The average molecular weight is 252 g/mol. The minimum absolute atomic E-state index is 0.0903. The Hall–Kier alpha value is -2.31. The molecule has 4 N–H and O–H groups in total. The highest BCUT2D eigenvalue weighted by Gasteiger charge is 2.21. The van der Waals surface area contributed by atoms with Crippen molar-refractivity contribution in [1.29, 1.82) is 0 Å². The van der Waals surface area contributed by atoms with Crippen LogP contribution in [0.4, 0.5) is 17.1 Å². The number of nitrogens with zero attached hydrogens (tertiary/aromatic N) is 1. The maximum absolute atomic E-state index is 11.1. The molecule has 1 amide bonds. The van der Waals surface area contributed by atoms with E-state index in [1.54, 1.807) is 25.1 Å². The Balaban J connectivity index is 3.14. The van der Waals surface area contributed by atoms with Crippen molar-refractivity contribution in [3.05, 3.63) is 28.3 Å². The van der Waals surface area contributed by atoms with Gasteiger partial charge in [-0.05, 0) is 26.0 Å². The summed E-state index contributed by atoms with van der Waals surface area (Å²) in [6.07, 6.45) is 0. The van der Waals surface area contributed by atoms with Crippen molar-refractivity contribution in [2.24, 2.45) is 5.73 Å². The molecule has 7 heteroatoms. The summed E-state index contributed by atoms with van der Waals surface area (Å²) in [5, 5.41) is 16.7. The highest BCUT2D eigenvalue weighted by atomic mass is 16.6. The van der Waals surface area contributed by atoms with Gasteiger partial charge in [-0.2, -0.15) is 0 Å². The number of nitrogens with two attached hydrogens (primary N) is 1. The number of nitro benzene ring substituents is 1. The molecule has 7 nitrogen and oxygen atoms in total. The summed E-state index contributed by atoms with van der Waals surface area (Å²) >= 11 is 0. The third kappa shape index (κ3) is 3.09. The smallest absolute Gasteiger partial charge is 0.315 e. The number of nitrogens with one attached hydrogen (secondary N) is 2. The van der Waals surface area contributed by atoms with Gasteiger partial charge in [-0.3, -0.25) is 14.9 Å². The number of carbonyl (C=O) groups excluding carboxylic acids is 1. The molecule has 0 saturated carbocycles. The zero-order valence-electron chi connectivity index (χ0n) is 10.3. The van der Waals surface area contributed by atoms with Gasteiger partial charge in [0.25, 0.3) is 0 Å². The average Bonchev–Trinajstić information content (AvgIpc) is 2.29. The van der Waals surface area contributed by atoms with Crippen LogP contribution in [0.1, 0.15) is 13.8 Å². The second-order valence-corrected chi connectivity index (χ2v) is 3.76. The lowest BCUT2D eigenvalue weighted by molar-refractivity contribution is -0.383. The van der Waals surface area contributed by atoms with Gasteiger partial charge < -0.3 is 16.4 Å². The second-order valence-electron chi connectivity index (χ2n) is 3.76. The number of hydrogen-bond acceptors (Lipinski definition) is 5. The molecule has 0 aliphatic rings. The molecular formula is C11H16N4O3. The predicted molar refractivity (Wildman–Crippen MR) is 69.5 cm³/mol. The lowest BCUT2D eigenvalue weighted by atomic mass is 10.2. The number of benzene rings is 1. The molecule has 1 rings (SSSR count). The van der Waals surface area contributed by atoms with Crippen molar-refractivity contribution in [3.8, 4) is 0 Å². The summed E-state index contributed by atoms with van der Waals surface area (Å²) in [6.45, 7) is 3.96. The molecule has 0 heterocycles. The fourth-order valence-electron chi connectivity index (χ4n) is 1.49. The lowest BCUT2D eigenvalue weighted by Crippen LogP contribution is -2.32. The molecule has 0 aliphatic heterocycles. The topological polar surface area (TPSA) is 110 Å². The Morgan fingerprint density at radius 3 is 2.61 bits per heavy atom. The van der Waals surface area contributed by atoms with Crippen molar-refractivity contribution in [2.45, 2.75) is 19.9 Å². The van der Waals surface area contributed by atoms with E-state index in [0.29, 0.717) is 12.2 Å². The number of nitro groups is 1. The van der Waals surface area contributed by atoms with Crippen molar-refractivity contribution in [3.63, 3.8) is 0 Å². The number of rotatable bonds is 6. The molecule has 1 unspecified atom stereocenters. The molecule has 0 fully saturated rings. The van der Waals surface area contributed by atoms with Crippen molar-refractivity contribution in [1.82, 2.24) is 0 Å². The Morgan fingerprint density at radius 1 is 1.50 bits per heavy atom. The molecule has 18 heavy (non-hydrogen) atoms. The molecule has 0 aliphatic carbocycles. The first kappa shape index (κ1) is 13.8. The van der Waals surface area contributed by atoms with Crippen LogP contribution in [0.3, 0.4) is 0 Å². The SMILES string of the molecule is CCNc1cccc(NC(C)C(N)=O)c1[N+](=O)[O-]. The van der Waals surface area contributed by atoms with Crippen LogP contribution in [0.25, 0.3) is 0 Å². The van der Waals surface area contributed by atoms with Crippen molar-refractivity contribution in [2.75, 3.05) is 17.2 Å². The van der Waals surface area contributed by atoms with Crippen LogP contribution in [-0.2, 0) is 4.79 Å². The number of primary amides is 1. The summed E-state index contributed by atoms with van der Waals surface area (Å²) in [7, 11) is 0. The van der Waals surface area contributed by atoms with Crippen molar-refractivity contribution < 1.29 is 9.72 Å². The van der Waals surface area contributed by atoms with Crippen molar-refractivity contribution >= 4 is 23.0 Å². The maximum Gasteiger partial charge on any atom is 0.315 e. The fourth-order valence-corrected chi connectivity index (χ4v) is 1.49. The predicted octanol–water partition coefficient (Wildman–Crippen LogP) is 1.31. The van der Waals surface area contributed by atoms with Gasteiger partial charge in [0.15, 0.2) is 0 Å². The van der Waals surface area contributed by atoms with Crippen LogP contribution in [0.5, 0.6) is 0 Å². The standard InChI is InChI=1S/C11H16N4O3/c1-3-13-8-5-4-6-9(10(8)15(17)18)14-7(2)11(12)16/h4-7,13-14H,3H2,1-2H3,(H2,12,16). The quantitative estimate of drug-likeness (QED) is 0.522. The normalized spacial score (nSPS) is 11.7. The van der Waals surface area contributed by atoms with E-state index in [9.17, 15) is 14.9 Å². The number of para-hydroxylation sites is 1. The van der Waals surface area contributed by atoms with Gasteiger partial charge in [-0.25, -0.2) is 0 Å². The number of carbonyl (C=O) groups is 1.